The highest BCUT2D eigenvalue weighted by Gasteiger charge is 2.18. The van der Waals surface area contributed by atoms with Crippen LogP contribution < -0.4 is 10.2 Å². The van der Waals surface area contributed by atoms with E-state index in [-0.39, 0.29) is 5.91 Å². The third kappa shape index (κ3) is 11.1. The molecule has 210 valence electrons. The number of hydrogen-bond donors (Lipinski definition) is 1. The van der Waals surface area contributed by atoms with E-state index in [9.17, 15) is 9.59 Å². The zero-order valence-electron chi connectivity index (χ0n) is 23.1. The van der Waals surface area contributed by atoms with E-state index in [0.717, 1.165) is 28.5 Å². The van der Waals surface area contributed by atoms with Gasteiger partial charge in [0.2, 0.25) is 5.91 Å². The molecule has 0 atom stereocenters. The first-order chi connectivity index (χ1) is 19.1. The van der Waals surface area contributed by atoms with Gasteiger partial charge in [0.05, 0.1) is 11.2 Å². The molecule has 0 aliphatic carbocycles. The molecule has 1 heterocycles. The Bertz CT molecular complexity index is 1190. The molecule has 1 amide bonds. The van der Waals surface area contributed by atoms with Gasteiger partial charge in [0.25, 0.3) is 0 Å². The lowest BCUT2D eigenvalue weighted by molar-refractivity contribution is -0.121. The van der Waals surface area contributed by atoms with E-state index in [2.05, 4.69) is 17.5 Å². The minimum Gasteiger partial charge on any atom is -0.422 e. The van der Waals surface area contributed by atoms with Crippen LogP contribution in [0.4, 0.5) is 0 Å². The van der Waals surface area contributed by atoms with Crippen LogP contribution in [0.3, 0.4) is 0 Å². The van der Waals surface area contributed by atoms with Crippen LogP contribution in [0.25, 0.3) is 10.1 Å². The average Bonchev–Trinajstić information content (AvgIpc) is 3.29. The minimum absolute atomic E-state index is 0.0694. The highest BCUT2D eigenvalue weighted by atomic mass is 35.5. The summed E-state index contributed by atoms with van der Waals surface area (Å²) < 4.78 is 6.44. The van der Waals surface area contributed by atoms with E-state index in [0.29, 0.717) is 22.1 Å². The monoisotopic (exact) mass is 568 g/mol. The molecule has 0 spiro atoms. The third-order valence-corrected chi connectivity index (χ3v) is 8.38. The number of thiophene rings is 1. The maximum absolute atomic E-state index is 12.6. The van der Waals surface area contributed by atoms with Gasteiger partial charge in [-0.05, 0) is 42.3 Å². The number of amides is 1. The van der Waals surface area contributed by atoms with Crippen LogP contribution in [0, 0.1) is 0 Å². The molecule has 3 aromatic rings. The van der Waals surface area contributed by atoms with Crippen molar-refractivity contribution in [3.05, 3.63) is 64.0 Å². The van der Waals surface area contributed by atoms with Gasteiger partial charge >= 0.3 is 5.97 Å². The van der Waals surface area contributed by atoms with E-state index >= 15 is 0 Å². The first-order valence-corrected chi connectivity index (χ1v) is 15.6. The smallest absolute Gasteiger partial charge is 0.355 e. The molecule has 5 nitrogen and oxygen atoms in total. The number of ether oxygens (including phenoxy) is 1. The predicted octanol–water partition coefficient (Wildman–Crippen LogP) is 9.71. The van der Waals surface area contributed by atoms with E-state index in [1.807, 2.05) is 24.3 Å². The lowest BCUT2D eigenvalue weighted by Crippen LogP contribution is -2.16. The molecule has 7 heteroatoms. The lowest BCUT2D eigenvalue weighted by atomic mass is 10.0. The molecule has 0 aliphatic heterocycles. The van der Waals surface area contributed by atoms with Gasteiger partial charge in [0.1, 0.15) is 10.6 Å². The fourth-order valence-electron chi connectivity index (χ4n) is 4.46. The van der Waals surface area contributed by atoms with Crippen molar-refractivity contribution in [3.8, 4) is 5.75 Å². The summed E-state index contributed by atoms with van der Waals surface area (Å²) in [6, 6.07) is 14.5. The molecular formula is C32H41ClN2O3S. The van der Waals surface area contributed by atoms with E-state index in [1.165, 1.54) is 82.0 Å². The second-order valence-corrected chi connectivity index (χ2v) is 11.4. The van der Waals surface area contributed by atoms with Gasteiger partial charge in [0, 0.05) is 16.5 Å². The summed E-state index contributed by atoms with van der Waals surface area (Å²) in [6.45, 7) is 2.26. The minimum atomic E-state index is -0.483. The number of halogens is 1. The summed E-state index contributed by atoms with van der Waals surface area (Å²) in [5, 5.41) is 5.31. The van der Waals surface area contributed by atoms with Crippen LogP contribution in [-0.2, 0) is 4.79 Å². The third-order valence-electron chi connectivity index (χ3n) is 6.72. The molecule has 0 fully saturated rings. The number of carbonyl (C=O) groups excluding carboxylic acids is 2. The molecule has 1 N–H and O–H groups in total. The lowest BCUT2D eigenvalue weighted by Gasteiger charge is -2.04. The van der Waals surface area contributed by atoms with Crippen molar-refractivity contribution in [2.24, 2.45) is 5.10 Å². The van der Waals surface area contributed by atoms with Crippen LogP contribution in [0.1, 0.15) is 112 Å². The van der Waals surface area contributed by atoms with Crippen molar-refractivity contribution in [1.82, 2.24) is 5.43 Å². The van der Waals surface area contributed by atoms with Gasteiger partial charge < -0.3 is 4.74 Å². The number of nitrogens with one attached hydrogen (secondary N) is 1. The summed E-state index contributed by atoms with van der Waals surface area (Å²) >= 11 is 7.69. The Balaban J connectivity index is 1.25. The Kier molecular flexibility index (Phi) is 14.1. The molecule has 39 heavy (non-hydrogen) atoms. The first-order valence-electron chi connectivity index (χ1n) is 14.4. The number of hydrogen-bond acceptors (Lipinski definition) is 5. The van der Waals surface area contributed by atoms with Gasteiger partial charge in [-0.15, -0.1) is 11.3 Å². The largest absolute Gasteiger partial charge is 0.422 e. The maximum atomic E-state index is 12.6. The standard InChI is InChI=1S/C32H41ClN2O3S/c1-2-3-4-5-6-7-8-9-10-11-12-13-14-19-29(36)35-34-24-25-20-22-26(23-21-25)38-32(37)31-30(33)27-17-15-16-18-28(27)39-31/h15-18,20-24H,2-14,19H2,1H3,(H,35,36)/b34-24-. The van der Waals surface area contributed by atoms with Crippen LogP contribution in [-0.4, -0.2) is 18.1 Å². The van der Waals surface area contributed by atoms with Crippen LogP contribution >= 0.6 is 22.9 Å². The van der Waals surface area contributed by atoms with E-state index in [4.69, 9.17) is 16.3 Å². The number of hydrazone groups is 1. The molecule has 0 unspecified atom stereocenters. The number of unbranched alkanes of at least 4 members (excludes halogenated alkanes) is 12. The van der Waals surface area contributed by atoms with E-state index < -0.39 is 5.97 Å². The summed E-state index contributed by atoms with van der Waals surface area (Å²) in [6.07, 6.45) is 18.8. The molecule has 0 saturated heterocycles. The first kappa shape index (κ1) is 30.8. The topological polar surface area (TPSA) is 67.8 Å². The van der Waals surface area contributed by atoms with Gasteiger partial charge in [-0.1, -0.05) is 114 Å². The van der Waals surface area contributed by atoms with Crippen molar-refractivity contribution in [2.75, 3.05) is 0 Å². The maximum Gasteiger partial charge on any atom is 0.355 e. The van der Waals surface area contributed by atoms with Gasteiger partial charge in [-0.2, -0.15) is 5.10 Å². The number of nitrogens with zero attached hydrogens (tertiary/aromatic N) is 1. The molecule has 0 bridgehead atoms. The molecular weight excluding hydrogens is 528 g/mol. The molecule has 3 rings (SSSR count). The zero-order chi connectivity index (χ0) is 27.7. The highest BCUT2D eigenvalue weighted by Crippen LogP contribution is 2.35. The Labute approximate surface area is 242 Å². The van der Waals surface area contributed by atoms with Crippen molar-refractivity contribution < 1.29 is 14.3 Å². The SMILES string of the molecule is CCCCCCCCCCCCCCCC(=O)N/N=C\c1ccc(OC(=O)c2sc3ccccc3c2Cl)cc1. The van der Waals surface area contributed by atoms with E-state index in [1.54, 1.807) is 30.5 Å². The average molecular weight is 569 g/mol. The summed E-state index contributed by atoms with van der Waals surface area (Å²) in [5.74, 6) is -0.139. The Morgan fingerprint density at radius 3 is 2.05 bits per heavy atom. The van der Waals surface area contributed by atoms with Crippen molar-refractivity contribution >= 4 is 51.1 Å². The molecule has 2 aromatic carbocycles. The Morgan fingerprint density at radius 2 is 1.44 bits per heavy atom. The number of rotatable bonds is 18. The number of carbonyl (C=O) groups is 2. The molecule has 0 radical (unpaired) electrons. The van der Waals surface area contributed by atoms with Crippen LogP contribution in [0.5, 0.6) is 5.75 Å². The fraction of sp³-hybridized carbons (Fsp3) is 0.469. The van der Waals surface area contributed by atoms with Gasteiger partial charge in [0.15, 0.2) is 0 Å². The molecule has 1 aromatic heterocycles. The Morgan fingerprint density at radius 1 is 0.846 bits per heavy atom. The van der Waals surface area contributed by atoms with Gasteiger partial charge in [-0.3, -0.25) is 4.79 Å². The highest BCUT2D eigenvalue weighted by molar-refractivity contribution is 7.21. The van der Waals surface area contributed by atoms with Crippen molar-refractivity contribution in [2.45, 2.75) is 96.8 Å². The Hall–Kier alpha value is -2.70. The zero-order valence-corrected chi connectivity index (χ0v) is 24.6. The predicted molar refractivity (Wildman–Crippen MR) is 164 cm³/mol. The summed E-state index contributed by atoms with van der Waals surface area (Å²) in [5.41, 5.74) is 3.38. The summed E-state index contributed by atoms with van der Waals surface area (Å²) in [7, 11) is 0. The number of fused-ring (bicyclic) bond motifs is 1. The van der Waals surface area contributed by atoms with Crippen LogP contribution in [0.15, 0.2) is 53.6 Å². The second kappa shape index (κ2) is 17.8. The van der Waals surface area contributed by atoms with Gasteiger partial charge in [-0.25, -0.2) is 10.2 Å². The second-order valence-electron chi connectivity index (χ2n) is 9.99. The fourth-order valence-corrected chi connectivity index (χ4v) is 5.84. The normalized spacial score (nSPS) is 11.3. The number of esters is 1. The van der Waals surface area contributed by atoms with Crippen molar-refractivity contribution in [1.29, 1.82) is 0 Å². The molecule has 0 saturated carbocycles. The van der Waals surface area contributed by atoms with Crippen molar-refractivity contribution in [3.63, 3.8) is 0 Å². The molecule has 0 aliphatic rings. The number of benzene rings is 2. The van der Waals surface area contributed by atoms with Crippen LogP contribution in [0.2, 0.25) is 5.02 Å². The summed E-state index contributed by atoms with van der Waals surface area (Å²) in [4.78, 5) is 25.0. The quantitative estimate of drug-likeness (QED) is 0.0546.